The van der Waals surface area contributed by atoms with Crippen molar-refractivity contribution in [2.24, 2.45) is 0 Å². The second kappa shape index (κ2) is 8.34. The summed E-state index contributed by atoms with van der Waals surface area (Å²) in [7, 11) is 0. The number of rotatable bonds is 5. The van der Waals surface area contributed by atoms with Gasteiger partial charge in [0.25, 0.3) is 0 Å². The van der Waals surface area contributed by atoms with E-state index in [0.29, 0.717) is 13.1 Å². The number of alkyl halides is 1. The Morgan fingerprint density at radius 2 is 1.74 bits per heavy atom. The number of carboxylic acids is 1. The van der Waals surface area contributed by atoms with Crippen LogP contribution in [0.25, 0.3) is 0 Å². The van der Waals surface area contributed by atoms with Gasteiger partial charge in [0, 0.05) is 13.1 Å². The second-order valence-corrected chi connectivity index (χ2v) is 5.35. The monoisotopic (exact) mass is 382 g/mol. The summed E-state index contributed by atoms with van der Waals surface area (Å²) >= 11 is 1.88. The highest BCUT2D eigenvalue weighted by Gasteiger charge is 2.28. The molecule has 1 aliphatic heterocycles. The van der Waals surface area contributed by atoms with Crippen molar-refractivity contribution in [2.45, 2.75) is 38.1 Å². The van der Waals surface area contributed by atoms with Crippen molar-refractivity contribution in [3.8, 4) is 0 Å². The number of hydrogen-bond donors (Lipinski definition) is 2. The molecular weight excluding hydrogens is 363 g/mol. The van der Waals surface area contributed by atoms with Crippen LogP contribution in [0.4, 0.5) is 0 Å². The van der Waals surface area contributed by atoms with Crippen LogP contribution >= 0.6 is 22.6 Å². The molecule has 1 unspecified atom stereocenters. The van der Waals surface area contributed by atoms with Crippen LogP contribution in [-0.2, 0) is 14.4 Å². The normalized spacial score (nSPS) is 17.4. The zero-order chi connectivity index (χ0) is 14.3. The van der Waals surface area contributed by atoms with Gasteiger partial charge < -0.3 is 15.3 Å². The first kappa shape index (κ1) is 16.2. The van der Waals surface area contributed by atoms with Gasteiger partial charge in [0.05, 0.1) is 10.8 Å². The summed E-state index contributed by atoms with van der Waals surface area (Å²) in [6.45, 7) is 1.30. The van der Waals surface area contributed by atoms with Gasteiger partial charge in [-0.05, 0) is 12.8 Å². The SMILES string of the molecule is O=C(O)CC(NC(=O)CI)C(=O)N1CCCCCC1. The average molecular weight is 382 g/mol. The molecule has 0 aliphatic carbocycles. The smallest absolute Gasteiger partial charge is 0.305 e. The van der Waals surface area contributed by atoms with Gasteiger partial charge >= 0.3 is 5.97 Å². The maximum atomic E-state index is 12.3. The highest BCUT2D eigenvalue weighted by atomic mass is 127. The Hall–Kier alpha value is -0.860. The van der Waals surface area contributed by atoms with Crippen molar-refractivity contribution in [1.82, 2.24) is 10.2 Å². The minimum atomic E-state index is -1.08. The summed E-state index contributed by atoms with van der Waals surface area (Å²) in [5.74, 6) is -1.67. The number of likely N-dealkylation sites (tertiary alicyclic amines) is 1. The molecule has 0 aromatic rings. The third kappa shape index (κ3) is 5.75. The fraction of sp³-hybridized carbons (Fsp3) is 0.750. The lowest BCUT2D eigenvalue weighted by Crippen LogP contribution is -2.50. The van der Waals surface area contributed by atoms with Gasteiger partial charge in [-0.2, -0.15) is 0 Å². The molecule has 1 rings (SSSR count). The molecule has 0 aromatic carbocycles. The summed E-state index contributed by atoms with van der Waals surface area (Å²) in [6.07, 6.45) is 3.69. The quantitative estimate of drug-likeness (QED) is 0.544. The van der Waals surface area contributed by atoms with E-state index in [1.807, 2.05) is 22.6 Å². The third-order valence-electron chi connectivity index (χ3n) is 3.05. The Labute approximate surface area is 126 Å². The number of carbonyl (C=O) groups excluding carboxylic acids is 2. The van der Waals surface area contributed by atoms with Crippen molar-refractivity contribution in [2.75, 3.05) is 17.5 Å². The van der Waals surface area contributed by atoms with Crippen molar-refractivity contribution in [3.05, 3.63) is 0 Å². The Balaban J connectivity index is 2.68. The highest BCUT2D eigenvalue weighted by molar-refractivity contribution is 14.1. The van der Waals surface area contributed by atoms with Crippen LogP contribution in [0.15, 0.2) is 0 Å². The van der Waals surface area contributed by atoms with Crippen LogP contribution < -0.4 is 5.32 Å². The fourth-order valence-electron chi connectivity index (χ4n) is 2.12. The van der Waals surface area contributed by atoms with Gasteiger partial charge in [-0.15, -0.1) is 0 Å². The topological polar surface area (TPSA) is 86.7 Å². The zero-order valence-corrected chi connectivity index (χ0v) is 12.9. The van der Waals surface area contributed by atoms with Gasteiger partial charge in [0.2, 0.25) is 11.8 Å². The fourth-order valence-corrected chi connectivity index (χ4v) is 2.34. The van der Waals surface area contributed by atoms with Gasteiger partial charge in [0.15, 0.2) is 0 Å². The molecule has 0 bridgehead atoms. The van der Waals surface area contributed by atoms with Crippen molar-refractivity contribution in [1.29, 1.82) is 0 Å². The van der Waals surface area contributed by atoms with Crippen LogP contribution in [0, 0.1) is 0 Å². The predicted molar refractivity (Wildman–Crippen MR) is 78.1 cm³/mol. The van der Waals surface area contributed by atoms with E-state index < -0.39 is 12.0 Å². The molecule has 2 amide bonds. The molecule has 108 valence electrons. The van der Waals surface area contributed by atoms with Crippen LogP contribution in [0.2, 0.25) is 0 Å². The Bertz CT molecular complexity index is 341. The first-order chi connectivity index (χ1) is 9.04. The van der Waals surface area contributed by atoms with E-state index in [1.165, 1.54) is 0 Å². The molecule has 19 heavy (non-hydrogen) atoms. The molecule has 1 heterocycles. The van der Waals surface area contributed by atoms with Gasteiger partial charge in [-0.3, -0.25) is 14.4 Å². The summed E-state index contributed by atoms with van der Waals surface area (Å²) in [5.41, 5.74) is 0. The summed E-state index contributed by atoms with van der Waals surface area (Å²) < 4.78 is 0.209. The average Bonchev–Trinajstić information content (AvgIpc) is 2.65. The maximum absolute atomic E-state index is 12.3. The minimum absolute atomic E-state index is 0.209. The number of carbonyl (C=O) groups is 3. The van der Waals surface area contributed by atoms with Crippen molar-refractivity contribution < 1.29 is 19.5 Å². The van der Waals surface area contributed by atoms with E-state index in [-0.39, 0.29) is 22.7 Å². The van der Waals surface area contributed by atoms with Gasteiger partial charge in [-0.1, -0.05) is 35.4 Å². The van der Waals surface area contributed by atoms with Crippen molar-refractivity contribution in [3.63, 3.8) is 0 Å². The second-order valence-electron chi connectivity index (χ2n) is 4.59. The third-order valence-corrected chi connectivity index (χ3v) is 3.74. The molecule has 1 saturated heterocycles. The molecule has 0 saturated carbocycles. The first-order valence-corrected chi connectivity index (χ1v) is 7.93. The number of nitrogens with one attached hydrogen (secondary N) is 1. The van der Waals surface area contributed by atoms with E-state index in [1.54, 1.807) is 4.90 Å². The van der Waals surface area contributed by atoms with E-state index in [0.717, 1.165) is 25.7 Å². The van der Waals surface area contributed by atoms with Crippen LogP contribution in [-0.4, -0.2) is 51.3 Å². The number of halogens is 1. The molecule has 0 radical (unpaired) electrons. The largest absolute Gasteiger partial charge is 0.481 e. The Kier molecular flexibility index (Phi) is 7.11. The van der Waals surface area contributed by atoms with Crippen LogP contribution in [0.5, 0.6) is 0 Å². The molecule has 7 heteroatoms. The number of amides is 2. The van der Waals surface area contributed by atoms with Crippen LogP contribution in [0.3, 0.4) is 0 Å². The highest BCUT2D eigenvalue weighted by Crippen LogP contribution is 2.12. The molecule has 6 nitrogen and oxygen atoms in total. The van der Waals surface area contributed by atoms with Gasteiger partial charge in [0.1, 0.15) is 6.04 Å². The first-order valence-electron chi connectivity index (χ1n) is 6.40. The molecule has 0 spiro atoms. The molecular formula is C12H19IN2O4. The van der Waals surface area contributed by atoms with Crippen LogP contribution in [0.1, 0.15) is 32.1 Å². The van der Waals surface area contributed by atoms with E-state index in [2.05, 4.69) is 5.32 Å². The zero-order valence-electron chi connectivity index (χ0n) is 10.7. The summed E-state index contributed by atoms with van der Waals surface area (Å²) in [6, 6.07) is -0.946. The van der Waals surface area contributed by atoms with Crippen molar-refractivity contribution >= 4 is 40.4 Å². The maximum Gasteiger partial charge on any atom is 0.305 e. The van der Waals surface area contributed by atoms with E-state index >= 15 is 0 Å². The Morgan fingerprint density at radius 1 is 1.16 bits per heavy atom. The Morgan fingerprint density at radius 3 is 2.21 bits per heavy atom. The van der Waals surface area contributed by atoms with E-state index in [9.17, 15) is 14.4 Å². The number of hydrogen-bond acceptors (Lipinski definition) is 3. The predicted octanol–water partition coefficient (Wildman–Crippen LogP) is 0.783. The summed E-state index contributed by atoms with van der Waals surface area (Å²) in [5, 5.41) is 11.3. The molecule has 2 N–H and O–H groups in total. The molecule has 1 atom stereocenters. The standard InChI is InChI=1S/C12H19IN2O4/c13-8-10(16)14-9(7-11(17)18)12(19)15-5-3-1-2-4-6-15/h9H,1-8H2,(H,14,16)(H,17,18). The lowest BCUT2D eigenvalue weighted by atomic mass is 10.1. The molecule has 0 aromatic heterocycles. The molecule has 1 fully saturated rings. The lowest BCUT2D eigenvalue weighted by Gasteiger charge is -2.25. The number of nitrogens with zero attached hydrogens (tertiary/aromatic N) is 1. The lowest BCUT2D eigenvalue weighted by molar-refractivity contribution is -0.143. The van der Waals surface area contributed by atoms with Gasteiger partial charge in [-0.25, -0.2) is 0 Å². The number of carboxylic acid groups (broad SMARTS) is 1. The molecule has 1 aliphatic rings. The van der Waals surface area contributed by atoms with E-state index in [4.69, 9.17) is 5.11 Å². The summed E-state index contributed by atoms with van der Waals surface area (Å²) in [4.78, 5) is 36.1. The minimum Gasteiger partial charge on any atom is -0.481 e. The number of aliphatic carboxylic acids is 1.